The highest BCUT2D eigenvalue weighted by atomic mass is 16.2. The second-order valence-electron chi connectivity index (χ2n) is 6.75. The number of benzene rings is 1. The molecule has 1 aliphatic carbocycles. The number of hydrogen-bond donors (Lipinski definition) is 2. The van der Waals surface area contributed by atoms with Gasteiger partial charge in [-0.15, -0.1) is 0 Å². The number of carbonyl (C=O) groups is 2. The van der Waals surface area contributed by atoms with Crippen molar-refractivity contribution in [3.63, 3.8) is 0 Å². The summed E-state index contributed by atoms with van der Waals surface area (Å²) in [7, 11) is 0. The fourth-order valence-corrected chi connectivity index (χ4v) is 3.36. The molecule has 2 fully saturated rings. The van der Waals surface area contributed by atoms with Gasteiger partial charge in [0.15, 0.2) is 0 Å². The minimum Gasteiger partial charge on any atom is -0.369 e. The van der Waals surface area contributed by atoms with Crippen molar-refractivity contribution in [1.82, 2.24) is 4.90 Å². The van der Waals surface area contributed by atoms with Crippen LogP contribution in [0.15, 0.2) is 24.3 Å². The van der Waals surface area contributed by atoms with Crippen LogP contribution in [0.4, 0.5) is 5.69 Å². The van der Waals surface area contributed by atoms with Crippen LogP contribution in [0, 0.1) is 11.8 Å². The zero-order chi connectivity index (χ0) is 16.2. The number of nitrogens with zero attached hydrogens (tertiary/aromatic N) is 1. The molecule has 2 amide bonds. The van der Waals surface area contributed by atoms with Crippen LogP contribution in [-0.4, -0.2) is 29.8 Å². The van der Waals surface area contributed by atoms with E-state index in [4.69, 9.17) is 5.73 Å². The Bertz CT molecular complexity index is 583. The third-order valence-electron chi connectivity index (χ3n) is 5.05. The molecule has 1 unspecified atom stereocenters. The van der Waals surface area contributed by atoms with Crippen molar-refractivity contribution in [1.29, 1.82) is 0 Å². The first kappa shape index (κ1) is 16.0. The molecule has 0 bridgehead atoms. The lowest BCUT2D eigenvalue weighted by molar-refractivity contribution is -0.123. The van der Waals surface area contributed by atoms with Gasteiger partial charge in [0.2, 0.25) is 11.8 Å². The summed E-state index contributed by atoms with van der Waals surface area (Å²) in [5.74, 6) is 0.0522. The molecule has 1 atom stereocenters. The van der Waals surface area contributed by atoms with E-state index in [2.05, 4.69) is 10.2 Å². The third-order valence-corrected chi connectivity index (χ3v) is 5.05. The Labute approximate surface area is 137 Å². The van der Waals surface area contributed by atoms with Crippen LogP contribution < -0.4 is 11.1 Å². The van der Waals surface area contributed by atoms with E-state index in [9.17, 15) is 9.59 Å². The molecule has 0 aromatic heterocycles. The molecule has 1 saturated carbocycles. The van der Waals surface area contributed by atoms with Gasteiger partial charge < -0.3 is 11.1 Å². The van der Waals surface area contributed by atoms with E-state index in [0.717, 1.165) is 56.4 Å². The number of para-hydroxylation sites is 1. The summed E-state index contributed by atoms with van der Waals surface area (Å²) >= 11 is 0. The number of hydrogen-bond acceptors (Lipinski definition) is 3. The van der Waals surface area contributed by atoms with Gasteiger partial charge in [0.25, 0.3) is 0 Å². The number of piperidine rings is 1. The van der Waals surface area contributed by atoms with Crippen LogP contribution in [-0.2, 0) is 16.1 Å². The molecule has 5 heteroatoms. The molecule has 0 spiro atoms. The zero-order valence-corrected chi connectivity index (χ0v) is 13.5. The van der Waals surface area contributed by atoms with Crippen molar-refractivity contribution in [2.75, 3.05) is 18.4 Å². The molecule has 1 heterocycles. The van der Waals surface area contributed by atoms with Gasteiger partial charge in [-0.05, 0) is 43.9 Å². The van der Waals surface area contributed by atoms with E-state index in [-0.39, 0.29) is 23.7 Å². The van der Waals surface area contributed by atoms with Crippen LogP contribution in [0.5, 0.6) is 0 Å². The second-order valence-corrected chi connectivity index (χ2v) is 6.75. The number of primary amides is 1. The lowest BCUT2D eigenvalue weighted by Gasteiger charge is -2.32. The lowest BCUT2D eigenvalue weighted by atomic mass is 9.85. The number of nitrogens with two attached hydrogens (primary N) is 1. The van der Waals surface area contributed by atoms with Gasteiger partial charge >= 0.3 is 0 Å². The normalized spacial score (nSPS) is 22.3. The first-order valence-corrected chi connectivity index (χ1v) is 8.54. The van der Waals surface area contributed by atoms with Crippen LogP contribution in [0.25, 0.3) is 0 Å². The SMILES string of the molecule is NC(=O)C1CCCN(Cc2ccccc2NC(=O)C2CCC2)C1. The molecule has 2 aliphatic rings. The Morgan fingerprint density at radius 2 is 1.87 bits per heavy atom. The third kappa shape index (κ3) is 3.91. The van der Waals surface area contributed by atoms with Crippen LogP contribution in [0.3, 0.4) is 0 Å². The van der Waals surface area contributed by atoms with Crippen molar-refractivity contribution >= 4 is 17.5 Å². The maximum atomic E-state index is 12.2. The maximum absolute atomic E-state index is 12.2. The minimum absolute atomic E-state index is 0.0551. The van der Waals surface area contributed by atoms with E-state index in [1.807, 2.05) is 24.3 Å². The largest absolute Gasteiger partial charge is 0.369 e. The summed E-state index contributed by atoms with van der Waals surface area (Å²) in [6.45, 7) is 2.42. The average Bonchev–Trinajstić information content (AvgIpc) is 2.47. The molecule has 124 valence electrons. The Kier molecular flexibility index (Phi) is 4.96. The van der Waals surface area contributed by atoms with Crippen LogP contribution in [0.1, 0.15) is 37.7 Å². The van der Waals surface area contributed by atoms with Gasteiger partial charge in [0, 0.05) is 24.7 Å². The van der Waals surface area contributed by atoms with E-state index in [1.54, 1.807) is 0 Å². The monoisotopic (exact) mass is 315 g/mol. The van der Waals surface area contributed by atoms with Crippen LogP contribution in [0.2, 0.25) is 0 Å². The van der Waals surface area contributed by atoms with Gasteiger partial charge in [-0.2, -0.15) is 0 Å². The predicted octanol–water partition coefficient (Wildman–Crippen LogP) is 2.12. The fourth-order valence-electron chi connectivity index (χ4n) is 3.36. The predicted molar refractivity (Wildman–Crippen MR) is 89.6 cm³/mol. The standard InChI is InChI=1S/C18H25N3O2/c19-17(22)15-8-4-10-21(12-15)11-14-5-1-2-9-16(14)20-18(23)13-6-3-7-13/h1-2,5,9,13,15H,3-4,6-8,10-12H2,(H2,19,22)(H,20,23). The molecule has 1 aliphatic heterocycles. The molecule has 1 aromatic carbocycles. The summed E-state index contributed by atoms with van der Waals surface area (Å²) in [6.07, 6.45) is 5.03. The molecule has 5 nitrogen and oxygen atoms in total. The Morgan fingerprint density at radius 3 is 2.57 bits per heavy atom. The van der Waals surface area contributed by atoms with Crippen molar-refractivity contribution in [3.05, 3.63) is 29.8 Å². The van der Waals surface area contributed by atoms with Crippen molar-refractivity contribution in [2.45, 2.75) is 38.6 Å². The molecule has 3 N–H and O–H groups in total. The van der Waals surface area contributed by atoms with Gasteiger partial charge in [0.1, 0.15) is 0 Å². The number of amides is 2. The summed E-state index contributed by atoms with van der Waals surface area (Å²) in [4.78, 5) is 25.9. The molecule has 1 saturated heterocycles. The topological polar surface area (TPSA) is 75.4 Å². The summed E-state index contributed by atoms with van der Waals surface area (Å²) < 4.78 is 0. The molecule has 1 aromatic rings. The number of rotatable bonds is 5. The zero-order valence-electron chi connectivity index (χ0n) is 13.5. The summed E-state index contributed by atoms with van der Waals surface area (Å²) in [5, 5.41) is 3.08. The lowest BCUT2D eigenvalue weighted by Crippen LogP contribution is -2.40. The molecular formula is C18H25N3O2. The van der Waals surface area contributed by atoms with Crippen molar-refractivity contribution in [2.24, 2.45) is 17.6 Å². The Hall–Kier alpha value is -1.88. The van der Waals surface area contributed by atoms with E-state index < -0.39 is 0 Å². The summed E-state index contributed by atoms with van der Waals surface area (Å²) in [6, 6.07) is 7.94. The smallest absolute Gasteiger partial charge is 0.227 e. The van der Waals surface area contributed by atoms with E-state index in [0.29, 0.717) is 6.54 Å². The molecular weight excluding hydrogens is 290 g/mol. The maximum Gasteiger partial charge on any atom is 0.227 e. The first-order valence-electron chi connectivity index (χ1n) is 8.54. The van der Waals surface area contributed by atoms with Gasteiger partial charge in [-0.1, -0.05) is 24.6 Å². The molecule has 3 rings (SSSR count). The van der Waals surface area contributed by atoms with Crippen LogP contribution >= 0.6 is 0 Å². The quantitative estimate of drug-likeness (QED) is 0.874. The minimum atomic E-state index is -0.207. The fraction of sp³-hybridized carbons (Fsp3) is 0.556. The highest BCUT2D eigenvalue weighted by molar-refractivity contribution is 5.93. The van der Waals surface area contributed by atoms with Gasteiger partial charge in [-0.25, -0.2) is 0 Å². The number of carbonyl (C=O) groups excluding carboxylic acids is 2. The highest BCUT2D eigenvalue weighted by Crippen LogP contribution is 2.29. The highest BCUT2D eigenvalue weighted by Gasteiger charge is 2.27. The van der Waals surface area contributed by atoms with Gasteiger partial charge in [-0.3, -0.25) is 14.5 Å². The van der Waals surface area contributed by atoms with E-state index >= 15 is 0 Å². The first-order chi connectivity index (χ1) is 11.1. The van der Waals surface area contributed by atoms with Crippen molar-refractivity contribution in [3.8, 4) is 0 Å². The Balaban J connectivity index is 1.65. The number of likely N-dealkylation sites (tertiary alicyclic amines) is 1. The van der Waals surface area contributed by atoms with Gasteiger partial charge in [0.05, 0.1) is 5.92 Å². The molecule has 23 heavy (non-hydrogen) atoms. The van der Waals surface area contributed by atoms with E-state index in [1.165, 1.54) is 0 Å². The average molecular weight is 315 g/mol. The molecule has 0 radical (unpaired) electrons. The number of anilines is 1. The second kappa shape index (κ2) is 7.13. The summed E-state index contributed by atoms with van der Waals surface area (Å²) in [5.41, 5.74) is 7.45. The Morgan fingerprint density at radius 1 is 1.13 bits per heavy atom. The number of nitrogens with one attached hydrogen (secondary N) is 1. The van der Waals surface area contributed by atoms with Crippen molar-refractivity contribution < 1.29 is 9.59 Å².